The maximum atomic E-state index is 14.0. The summed E-state index contributed by atoms with van der Waals surface area (Å²) in [4.78, 5) is 19.9. The van der Waals surface area contributed by atoms with Crippen molar-refractivity contribution >= 4 is 29.2 Å². The summed E-state index contributed by atoms with van der Waals surface area (Å²) in [7, 11) is 0. The third kappa shape index (κ3) is 4.50. The Labute approximate surface area is 207 Å². The average Bonchev–Trinajstić information content (AvgIpc) is 3.29. The summed E-state index contributed by atoms with van der Waals surface area (Å²) in [6, 6.07) is 17.5. The van der Waals surface area contributed by atoms with Crippen LogP contribution in [-0.4, -0.2) is 41.3 Å². The van der Waals surface area contributed by atoms with Gasteiger partial charge in [0.15, 0.2) is 0 Å². The SMILES string of the molecule is C[C@@H]1CCC[C@H](C)N1CC1CCC(N2C(=O)C(c3cccc(C(=N)N)c3)Sc3ccccc32)C1. The molecule has 2 aromatic rings. The maximum absolute atomic E-state index is 14.0. The predicted molar refractivity (Wildman–Crippen MR) is 141 cm³/mol. The van der Waals surface area contributed by atoms with Crippen molar-refractivity contribution in [2.45, 2.75) is 80.6 Å². The fourth-order valence-corrected chi connectivity index (χ4v) is 7.41. The summed E-state index contributed by atoms with van der Waals surface area (Å²) in [5, 5.41) is 7.51. The molecule has 6 heteroatoms. The number of thioether (sulfide) groups is 1. The van der Waals surface area contributed by atoms with E-state index in [1.807, 2.05) is 30.3 Å². The van der Waals surface area contributed by atoms with E-state index in [2.05, 4.69) is 41.8 Å². The van der Waals surface area contributed by atoms with Gasteiger partial charge in [0.05, 0.1) is 5.69 Å². The minimum atomic E-state index is -0.310. The predicted octanol–water partition coefficient (Wildman–Crippen LogP) is 5.58. The number of amidine groups is 1. The lowest BCUT2D eigenvalue weighted by molar-refractivity contribution is -0.118. The zero-order valence-electron chi connectivity index (χ0n) is 20.2. The van der Waals surface area contributed by atoms with E-state index in [-0.39, 0.29) is 23.0 Å². The molecular weight excluding hydrogens is 440 g/mol. The highest BCUT2D eigenvalue weighted by Crippen LogP contribution is 2.49. The molecule has 0 bridgehead atoms. The second-order valence-electron chi connectivity index (χ2n) is 10.4. The molecule has 1 saturated heterocycles. The Hall–Kier alpha value is -2.31. The standard InChI is InChI=1S/C28H36N4OS/c1-18-7-5-8-19(2)31(18)17-20-13-14-23(15-20)32-24-11-3-4-12-25(24)34-26(28(32)33)21-9-6-10-22(16-21)27(29)30/h3-4,6,9-12,16,18-20,23,26H,5,7-8,13-15,17H2,1-2H3,(H3,29,30)/t18-,19+,20?,23?,26?. The van der Waals surface area contributed by atoms with Gasteiger partial charge >= 0.3 is 0 Å². The van der Waals surface area contributed by atoms with Crippen LogP contribution in [0.4, 0.5) is 5.69 Å². The molecule has 2 aromatic carbocycles. The molecule has 34 heavy (non-hydrogen) atoms. The number of fused-ring (bicyclic) bond motifs is 1. The monoisotopic (exact) mass is 476 g/mol. The third-order valence-electron chi connectivity index (χ3n) is 8.06. The van der Waals surface area contributed by atoms with Crippen molar-refractivity contribution in [3.8, 4) is 0 Å². The first-order valence-electron chi connectivity index (χ1n) is 12.7. The quantitative estimate of drug-likeness (QED) is 0.436. The Bertz CT molecular complexity index is 1060. The fraction of sp³-hybridized carbons (Fsp3) is 0.500. The smallest absolute Gasteiger partial charge is 0.245 e. The van der Waals surface area contributed by atoms with Crippen molar-refractivity contribution in [1.82, 2.24) is 4.90 Å². The molecule has 1 saturated carbocycles. The van der Waals surface area contributed by atoms with E-state index in [0.717, 1.165) is 35.5 Å². The first-order valence-corrected chi connectivity index (χ1v) is 13.6. The number of anilines is 1. The molecule has 1 amide bonds. The zero-order valence-corrected chi connectivity index (χ0v) is 21.1. The van der Waals surface area contributed by atoms with Gasteiger partial charge in [-0.15, -0.1) is 11.8 Å². The van der Waals surface area contributed by atoms with Gasteiger partial charge in [-0.3, -0.25) is 15.1 Å². The van der Waals surface area contributed by atoms with E-state index in [1.165, 1.54) is 25.7 Å². The van der Waals surface area contributed by atoms with Crippen molar-refractivity contribution in [1.29, 1.82) is 5.41 Å². The number of likely N-dealkylation sites (tertiary alicyclic amines) is 1. The lowest BCUT2D eigenvalue weighted by Gasteiger charge is -2.41. The molecule has 2 heterocycles. The van der Waals surface area contributed by atoms with Crippen LogP contribution in [0.3, 0.4) is 0 Å². The lowest BCUT2D eigenvalue weighted by atomic mass is 9.95. The van der Waals surface area contributed by atoms with Crippen LogP contribution in [0, 0.1) is 11.3 Å². The van der Waals surface area contributed by atoms with Gasteiger partial charge in [-0.05, 0) is 75.6 Å². The number of hydrogen-bond acceptors (Lipinski definition) is 4. The van der Waals surface area contributed by atoms with Crippen molar-refractivity contribution in [3.63, 3.8) is 0 Å². The van der Waals surface area contributed by atoms with E-state index in [9.17, 15) is 4.79 Å². The Morgan fingerprint density at radius 1 is 1.06 bits per heavy atom. The van der Waals surface area contributed by atoms with E-state index in [0.29, 0.717) is 23.6 Å². The summed E-state index contributed by atoms with van der Waals surface area (Å²) in [5.74, 6) is 0.837. The molecule has 5 nitrogen and oxygen atoms in total. The number of para-hydroxylation sites is 1. The highest BCUT2D eigenvalue weighted by molar-refractivity contribution is 8.00. The molecule has 2 fully saturated rings. The number of nitrogens with zero attached hydrogens (tertiary/aromatic N) is 2. The average molecular weight is 477 g/mol. The third-order valence-corrected chi connectivity index (χ3v) is 9.36. The summed E-state index contributed by atoms with van der Waals surface area (Å²) in [6.45, 7) is 5.91. The number of benzene rings is 2. The van der Waals surface area contributed by atoms with Gasteiger partial charge < -0.3 is 10.6 Å². The molecule has 0 spiro atoms. The van der Waals surface area contributed by atoms with Crippen LogP contribution < -0.4 is 10.6 Å². The Morgan fingerprint density at radius 3 is 2.59 bits per heavy atom. The first-order chi connectivity index (χ1) is 16.4. The van der Waals surface area contributed by atoms with Crippen LogP contribution in [0.5, 0.6) is 0 Å². The maximum Gasteiger partial charge on any atom is 0.245 e. The van der Waals surface area contributed by atoms with Crippen LogP contribution in [-0.2, 0) is 4.79 Å². The molecule has 5 atom stereocenters. The zero-order chi connectivity index (χ0) is 23.8. The number of nitrogen functional groups attached to an aromatic ring is 1. The topological polar surface area (TPSA) is 73.4 Å². The molecule has 5 rings (SSSR count). The van der Waals surface area contributed by atoms with E-state index in [1.54, 1.807) is 11.8 Å². The van der Waals surface area contributed by atoms with Crippen LogP contribution in [0.2, 0.25) is 0 Å². The number of amides is 1. The number of nitrogens with one attached hydrogen (secondary N) is 1. The molecule has 1 aliphatic carbocycles. The van der Waals surface area contributed by atoms with Crippen LogP contribution in [0.25, 0.3) is 0 Å². The number of nitrogens with two attached hydrogens (primary N) is 1. The molecule has 3 aliphatic rings. The van der Waals surface area contributed by atoms with Crippen LogP contribution in [0.15, 0.2) is 53.4 Å². The van der Waals surface area contributed by atoms with E-state index < -0.39 is 0 Å². The second-order valence-corrected chi connectivity index (χ2v) is 11.5. The number of carbonyl (C=O) groups excluding carboxylic acids is 1. The number of hydrogen-bond donors (Lipinski definition) is 2. The van der Waals surface area contributed by atoms with E-state index in [4.69, 9.17) is 11.1 Å². The summed E-state index contributed by atoms with van der Waals surface area (Å²) in [6.07, 6.45) is 7.26. The van der Waals surface area contributed by atoms with Gasteiger partial charge in [0.25, 0.3) is 0 Å². The Balaban J connectivity index is 1.39. The lowest BCUT2D eigenvalue weighted by Crippen LogP contribution is -2.46. The Morgan fingerprint density at radius 2 is 1.82 bits per heavy atom. The normalized spacial score (nSPS) is 29.8. The fourth-order valence-electron chi connectivity index (χ4n) is 6.22. The van der Waals surface area contributed by atoms with Crippen LogP contribution >= 0.6 is 11.8 Å². The van der Waals surface area contributed by atoms with Gasteiger partial charge in [-0.1, -0.05) is 36.8 Å². The van der Waals surface area contributed by atoms with Crippen LogP contribution in [0.1, 0.15) is 68.7 Å². The molecule has 0 radical (unpaired) electrons. The second kappa shape index (κ2) is 9.74. The largest absolute Gasteiger partial charge is 0.384 e. The number of rotatable bonds is 5. The van der Waals surface area contributed by atoms with Gasteiger partial charge in [0.1, 0.15) is 11.1 Å². The minimum Gasteiger partial charge on any atom is -0.384 e. The van der Waals surface area contributed by atoms with Crippen molar-refractivity contribution in [2.24, 2.45) is 11.7 Å². The highest BCUT2D eigenvalue weighted by atomic mass is 32.2. The van der Waals surface area contributed by atoms with Gasteiger partial charge in [-0.2, -0.15) is 0 Å². The number of piperidine rings is 1. The minimum absolute atomic E-state index is 0.0344. The molecule has 3 N–H and O–H groups in total. The molecule has 2 aliphatic heterocycles. The van der Waals surface area contributed by atoms with Gasteiger partial charge in [0.2, 0.25) is 5.91 Å². The molecule has 180 valence electrons. The summed E-state index contributed by atoms with van der Waals surface area (Å²) >= 11 is 1.62. The van der Waals surface area contributed by atoms with E-state index >= 15 is 0 Å². The summed E-state index contributed by atoms with van der Waals surface area (Å²) < 4.78 is 0. The first kappa shape index (κ1) is 23.4. The Kier molecular flexibility index (Phi) is 6.72. The van der Waals surface area contributed by atoms with Gasteiger partial charge in [-0.25, -0.2) is 0 Å². The molecular formula is C28H36N4OS. The summed E-state index contributed by atoms with van der Waals surface area (Å²) in [5.41, 5.74) is 8.39. The van der Waals surface area contributed by atoms with Crippen molar-refractivity contribution < 1.29 is 4.79 Å². The number of carbonyl (C=O) groups is 1. The molecule has 3 unspecified atom stereocenters. The highest BCUT2D eigenvalue weighted by Gasteiger charge is 2.41. The molecule has 0 aromatic heterocycles. The van der Waals surface area contributed by atoms with Crippen molar-refractivity contribution in [3.05, 3.63) is 59.7 Å². The van der Waals surface area contributed by atoms with Gasteiger partial charge in [0, 0.05) is 35.1 Å². The van der Waals surface area contributed by atoms with Crippen molar-refractivity contribution in [2.75, 3.05) is 11.4 Å².